The molecule has 0 spiro atoms. The highest BCUT2D eigenvalue weighted by Crippen LogP contribution is 2.43. The first-order valence-electron chi connectivity index (χ1n) is 9.95. The molecule has 32 heavy (non-hydrogen) atoms. The Hall–Kier alpha value is -2.86. The molecule has 1 fully saturated rings. The summed E-state index contributed by atoms with van der Waals surface area (Å²) in [4.78, 5) is 13.4. The normalized spacial score (nSPS) is 13.1. The van der Waals surface area contributed by atoms with Crippen molar-refractivity contribution in [3.05, 3.63) is 82.1 Å². The smallest absolute Gasteiger partial charge is 0.320 e. The first-order chi connectivity index (χ1) is 15.6. The number of rotatable bonds is 6. The summed E-state index contributed by atoms with van der Waals surface area (Å²) in [6.45, 7) is 0. The van der Waals surface area contributed by atoms with Crippen LogP contribution in [0.15, 0.2) is 67.0 Å². The summed E-state index contributed by atoms with van der Waals surface area (Å²) in [5, 5.41) is 1.60. The predicted octanol–water partition coefficient (Wildman–Crippen LogP) is 7.50. The molecule has 4 aromatic rings. The third-order valence-corrected chi connectivity index (χ3v) is 5.63. The Labute approximate surface area is 199 Å². The van der Waals surface area contributed by atoms with Crippen LogP contribution in [0, 0.1) is 0 Å². The molecule has 1 aliphatic carbocycles. The Balaban J connectivity index is 1.75. The van der Waals surface area contributed by atoms with Crippen molar-refractivity contribution in [1.29, 1.82) is 0 Å². The van der Waals surface area contributed by atoms with Crippen LogP contribution < -0.4 is 9.47 Å². The third-order valence-electron chi connectivity index (χ3n) is 4.84. The SMILES string of the molecule is Clc1ccc(-c2c(Oc3ccncc3)nc(OC3CC3)nc2-c2ccc(Cl)cc2Cl)cc1. The van der Waals surface area contributed by atoms with Crippen molar-refractivity contribution in [2.24, 2.45) is 0 Å². The van der Waals surface area contributed by atoms with Crippen molar-refractivity contribution < 1.29 is 9.47 Å². The van der Waals surface area contributed by atoms with E-state index in [0.29, 0.717) is 43.5 Å². The lowest BCUT2D eigenvalue weighted by Gasteiger charge is -2.17. The van der Waals surface area contributed by atoms with E-state index in [9.17, 15) is 0 Å². The standard InChI is InChI=1S/C24H16Cl3N3O2/c25-15-3-1-14(2-4-15)21-22(19-8-5-16(26)13-20(19)27)29-24(32-17-6-7-17)30-23(21)31-18-9-11-28-12-10-18/h1-5,8-13,17H,6-7H2. The molecule has 0 N–H and O–H groups in total. The number of pyridine rings is 1. The minimum Gasteiger partial charge on any atom is -0.460 e. The van der Waals surface area contributed by atoms with Gasteiger partial charge in [-0.25, -0.2) is 0 Å². The van der Waals surface area contributed by atoms with Gasteiger partial charge in [-0.3, -0.25) is 4.98 Å². The minimum atomic E-state index is 0.110. The summed E-state index contributed by atoms with van der Waals surface area (Å²) in [6, 6.07) is 16.4. The van der Waals surface area contributed by atoms with Gasteiger partial charge in [-0.2, -0.15) is 9.97 Å². The van der Waals surface area contributed by atoms with Crippen molar-refractivity contribution in [2.75, 3.05) is 0 Å². The van der Waals surface area contributed by atoms with E-state index in [1.54, 1.807) is 48.8 Å². The van der Waals surface area contributed by atoms with Gasteiger partial charge >= 0.3 is 6.01 Å². The van der Waals surface area contributed by atoms with E-state index < -0.39 is 0 Å². The van der Waals surface area contributed by atoms with E-state index in [0.717, 1.165) is 18.4 Å². The van der Waals surface area contributed by atoms with E-state index in [4.69, 9.17) is 49.3 Å². The van der Waals surface area contributed by atoms with E-state index in [1.807, 2.05) is 18.2 Å². The van der Waals surface area contributed by atoms with Crippen LogP contribution in [0.5, 0.6) is 17.6 Å². The number of halogens is 3. The topological polar surface area (TPSA) is 57.1 Å². The molecule has 2 aromatic carbocycles. The molecule has 2 aromatic heterocycles. The molecule has 0 saturated heterocycles. The highest BCUT2D eigenvalue weighted by molar-refractivity contribution is 6.36. The van der Waals surface area contributed by atoms with Gasteiger partial charge in [0.2, 0.25) is 5.88 Å². The van der Waals surface area contributed by atoms with Crippen molar-refractivity contribution in [1.82, 2.24) is 15.0 Å². The molecule has 0 amide bonds. The lowest BCUT2D eigenvalue weighted by Crippen LogP contribution is -2.05. The van der Waals surface area contributed by atoms with Crippen LogP contribution in [0.4, 0.5) is 0 Å². The zero-order chi connectivity index (χ0) is 22.1. The molecule has 1 aliphatic rings. The van der Waals surface area contributed by atoms with E-state index >= 15 is 0 Å². The summed E-state index contributed by atoms with van der Waals surface area (Å²) in [5.74, 6) is 0.921. The van der Waals surface area contributed by atoms with Gasteiger partial charge in [0.15, 0.2) is 0 Å². The molecule has 0 atom stereocenters. The van der Waals surface area contributed by atoms with Crippen LogP contribution in [-0.2, 0) is 0 Å². The van der Waals surface area contributed by atoms with Crippen LogP contribution in [-0.4, -0.2) is 21.1 Å². The second-order valence-corrected chi connectivity index (χ2v) is 8.55. The molecule has 0 unspecified atom stereocenters. The molecule has 1 saturated carbocycles. The summed E-state index contributed by atoms with van der Waals surface area (Å²) in [7, 11) is 0. The van der Waals surface area contributed by atoms with Gasteiger partial charge in [0.05, 0.1) is 16.3 Å². The van der Waals surface area contributed by atoms with Gasteiger partial charge in [-0.15, -0.1) is 0 Å². The van der Waals surface area contributed by atoms with Crippen LogP contribution in [0.1, 0.15) is 12.8 Å². The second-order valence-electron chi connectivity index (χ2n) is 7.27. The molecule has 0 radical (unpaired) electrons. The highest BCUT2D eigenvalue weighted by atomic mass is 35.5. The Bertz CT molecular complexity index is 1260. The van der Waals surface area contributed by atoms with Crippen LogP contribution in [0.25, 0.3) is 22.4 Å². The monoisotopic (exact) mass is 483 g/mol. The number of hydrogen-bond donors (Lipinski definition) is 0. The van der Waals surface area contributed by atoms with Crippen LogP contribution in [0.2, 0.25) is 15.1 Å². The van der Waals surface area contributed by atoms with Crippen molar-refractivity contribution in [2.45, 2.75) is 18.9 Å². The quantitative estimate of drug-likeness (QED) is 0.283. The van der Waals surface area contributed by atoms with Gasteiger partial charge in [0, 0.05) is 28.0 Å². The Morgan fingerprint density at radius 1 is 0.812 bits per heavy atom. The zero-order valence-electron chi connectivity index (χ0n) is 16.6. The summed E-state index contributed by atoms with van der Waals surface area (Å²) < 4.78 is 12.1. The maximum atomic E-state index is 6.58. The first-order valence-corrected chi connectivity index (χ1v) is 11.1. The fourth-order valence-corrected chi connectivity index (χ4v) is 3.78. The number of benzene rings is 2. The molecule has 5 nitrogen and oxygen atoms in total. The Morgan fingerprint density at radius 3 is 2.22 bits per heavy atom. The summed E-state index contributed by atoms with van der Waals surface area (Å²) in [5.41, 5.74) is 2.73. The minimum absolute atomic E-state index is 0.110. The maximum Gasteiger partial charge on any atom is 0.320 e. The lowest BCUT2D eigenvalue weighted by molar-refractivity contribution is 0.274. The fourth-order valence-electron chi connectivity index (χ4n) is 3.15. The van der Waals surface area contributed by atoms with Gasteiger partial charge < -0.3 is 9.47 Å². The van der Waals surface area contributed by atoms with E-state index in [-0.39, 0.29) is 12.1 Å². The first kappa shape index (κ1) is 21.0. The third kappa shape index (κ3) is 4.65. The lowest BCUT2D eigenvalue weighted by atomic mass is 10.00. The van der Waals surface area contributed by atoms with Crippen LogP contribution >= 0.6 is 34.8 Å². The van der Waals surface area contributed by atoms with Gasteiger partial charge in [-0.1, -0.05) is 46.9 Å². The van der Waals surface area contributed by atoms with Crippen molar-refractivity contribution in [3.8, 4) is 40.0 Å². The maximum absolute atomic E-state index is 6.58. The molecule has 160 valence electrons. The predicted molar refractivity (Wildman–Crippen MR) is 126 cm³/mol. The Kier molecular flexibility index (Phi) is 5.87. The van der Waals surface area contributed by atoms with Crippen molar-refractivity contribution in [3.63, 3.8) is 0 Å². The number of hydrogen-bond acceptors (Lipinski definition) is 5. The second kappa shape index (κ2) is 8.94. The molecule has 2 heterocycles. The molecular weight excluding hydrogens is 469 g/mol. The largest absolute Gasteiger partial charge is 0.460 e. The average molecular weight is 485 g/mol. The average Bonchev–Trinajstić information content (AvgIpc) is 3.59. The van der Waals surface area contributed by atoms with E-state index in [1.165, 1.54) is 0 Å². The molecular formula is C24H16Cl3N3O2. The summed E-state index contributed by atoms with van der Waals surface area (Å²) in [6.07, 6.45) is 5.35. The molecule has 0 aliphatic heterocycles. The molecule has 5 rings (SSSR count). The van der Waals surface area contributed by atoms with E-state index in [2.05, 4.69) is 9.97 Å². The number of aromatic nitrogens is 3. The van der Waals surface area contributed by atoms with Crippen molar-refractivity contribution >= 4 is 34.8 Å². The number of ether oxygens (including phenoxy) is 2. The van der Waals surface area contributed by atoms with Crippen LogP contribution in [0.3, 0.4) is 0 Å². The fraction of sp³-hybridized carbons (Fsp3) is 0.125. The van der Waals surface area contributed by atoms with Gasteiger partial charge in [-0.05, 0) is 60.9 Å². The van der Waals surface area contributed by atoms with Gasteiger partial charge in [0.1, 0.15) is 11.9 Å². The zero-order valence-corrected chi connectivity index (χ0v) is 18.9. The molecule has 8 heteroatoms. The molecule has 0 bridgehead atoms. The Morgan fingerprint density at radius 2 is 1.53 bits per heavy atom. The summed E-state index contributed by atoms with van der Waals surface area (Å²) >= 11 is 18.8. The number of nitrogens with zero attached hydrogens (tertiary/aromatic N) is 3. The van der Waals surface area contributed by atoms with Gasteiger partial charge in [0.25, 0.3) is 0 Å². The highest BCUT2D eigenvalue weighted by Gasteiger charge is 2.28.